The first kappa shape index (κ1) is 33.9. The average molecular weight is 637 g/mol. The van der Waals surface area contributed by atoms with E-state index in [0.29, 0.717) is 40.6 Å². The molecule has 4 aromatic heterocycles. The first-order valence-corrected chi connectivity index (χ1v) is 15.7. The summed E-state index contributed by atoms with van der Waals surface area (Å²) in [6.45, 7) is 4.32. The van der Waals surface area contributed by atoms with E-state index in [2.05, 4.69) is 43.8 Å². The molecule has 12 nitrogen and oxygen atoms in total. The molecule has 4 unspecified atom stereocenters. The third-order valence-electron chi connectivity index (χ3n) is 8.22. The summed E-state index contributed by atoms with van der Waals surface area (Å²) >= 11 is 5.78. The fourth-order valence-corrected chi connectivity index (χ4v) is 5.35. The molecule has 0 radical (unpaired) electrons. The lowest BCUT2D eigenvalue weighted by Crippen LogP contribution is -2.31. The van der Waals surface area contributed by atoms with Crippen molar-refractivity contribution in [2.24, 2.45) is 25.9 Å². The summed E-state index contributed by atoms with van der Waals surface area (Å²) in [5.74, 6) is 1.04. The minimum Gasteiger partial charge on any atom is -0.461 e. The molecule has 45 heavy (non-hydrogen) atoms. The Labute approximate surface area is 267 Å². The van der Waals surface area contributed by atoms with E-state index in [1.807, 2.05) is 0 Å². The van der Waals surface area contributed by atoms with Gasteiger partial charge in [0.1, 0.15) is 18.8 Å². The summed E-state index contributed by atoms with van der Waals surface area (Å²) in [4.78, 5) is 47.9. The second-order valence-corrected chi connectivity index (χ2v) is 11.9. The number of aliphatic hydroxyl groups is 1. The van der Waals surface area contributed by atoms with Gasteiger partial charge in [-0.25, -0.2) is 24.9 Å². The van der Waals surface area contributed by atoms with Gasteiger partial charge >= 0.3 is 0 Å². The Kier molecular flexibility index (Phi) is 12.3. The maximum absolute atomic E-state index is 12.2. The minimum absolute atomic E-state index is 0.00347. The van der Waals surface area contributed by atoms with E-state index in [4.69, 9.17) is 16.3 Å². The molecular weight excluding hydrogens is 596 g/mol. The highest BCUT2D eigenvalue weighted by Gasteiger charge is 2.24. The van der Waals surface area contributed by atoms with Crippen LogP contribution in [0.15, 0.2) is 58.9 Å². The molecule has 0 bridgehead atoms. The summed E-state index contributed by atoms with van der Waals surface area (Å²) in [6, 6.07) is 6.61. The van der Waals surface area contributed by atoms with Gasteiger partial charge in [0.25, 0.3) is 17.1 Å². The van der Waals surface area contributed by atoms with Crippen molar-refractivity contribution in [2.75, 3.05) is 0 Å². The number of aromatic nitrogens is 8. The second kappa shape index (κ2) is 16.3. The van der Waals surface area contributed by atoms with Crippen molar-refractivity contribution in [3.63, 3.8) is 0 Å². The van der Waals surface area contributed by atoms with E-state index in [-0.39, 0.29) is 28.6 Å². The Morgan fingerprint density at radius 3 is 1.78 bits per heavy atom. The van der Waals surface area contributed by atoms with Gasteiger partial charge in [-0.2, -0.15) is 4.98 Å². The normalized spacial score (nSPS) is 21.0. The van der Waals surface area contributed by atoms with Crippen molar-refractivity contribution in [3.8, 4) is 28.8 Å². The van der Waals surface area contributed by atoms with Crippen molar-refractivity contribution >= 4 is 11.6 Å². The third-order valence-corrected chi connectivity index (χ3v) is 8.56. The molecule has 1 N–H and O–H groups in total. The van der Waals surface area contributed by atoms with Gasteiger partial charge in [0, 0.05) is 38.6 Å². The van der Waals surface area contributed by atoms with Crippen LogP contribution in [-0.4, -0.2) is 56.4 Å². The summed E-state index contributed by atoms with van der Waals surface area (Å²) in [6.07, 6.45) is 15.5. The number of aliphatic hydroxyl groups excluding tert-OH is 1. The lowest BCUT2D eigenvalue weighted by atomic mass is 9.88. The van der Waals surface area contributed by atoms with Gasteiger partial charge in [0.2, 0.25) is 5.28 Å². The third kappa shape index (κ3) is 9.48. The van der Waals surface area contributed by atoms with Gasteiger partial charge in [-0.3, -0.25) is 18.7 Å². The van der Waals surface area contributed by atoms with Crippen LogP contribution in [0.3, 0.4) is 0 Å². The van der Waals surface area contributed by atoms with E-state index in [1.165, 1.54) is 59.6 Å². The van der Waals surface area contributed by atoms with Gasteiger partial charge < -0.3 is 9.84 Å². The zero-order chi connectivity index (χ0) is 32.3. The zero-order valence-electron chi connectivity index (χ0n) is 26.2. The molecule has 0 aliphatic heterocycles. The summed E-state index contributed by atoms with van der Waals surface area (Å²) < 4.78 is 8.76. The molecule has 0 amide bonds. The van der Waals surface area contributed by atoms with Crippen molar-refractivity contribution in [2.45, 2.75) is 77.4 Å². The molecule has 0 spiro atoms. The van der Waals surface area contributed by atoms with Crippen molar-refractivity contribution < 1.29 is 9.84 Å². The molecular formula is C32H41ClN8O4. The molecule has 240 valence electrons. The fraction of sp³-hybridized carbons (Fsp3) is 0.500. The zero-order valence-corrected chi connectivity index (χ0v) is 27.0. The quantitative estimate of drug-likeness (QED) is 0.314. The molecule has 2 saturated carbocycles. The van der Waals surface area contributed by atoms with Gasteiger partial charge in [-0.05, 0) is 67.7 Å². The largest absolute Gasteiger partial charge is 0.461 e. The maximum Gasteiger partial charge on any atom is 0.299 e. The molecule has 0 saturated heterocycles. The molecule has 2 fully saturated rings. The Balaban J connectivity index is 0.000000172. The average Bonchev–Trinajstić information content (AvgIpc) is 3.05. The van der Waals surface area contributed by atoms with Crippen LogP contribution in [0.1, 0.15) is 65.2 Å². The van der Waals surface area contributed by atoms with E-state index < -0.39 is 0 Å². The number of rotatable bonds is 4. The van der Waals surface area contributed by atoms with Gasteiger partial charge in [0.15, 0.2) is 0 Å². The van der Waals surface area contributed by atoms with Gasteiger partial charge in [-0.15, -0.1) is 0 Å². The van der Waals surface area contributed by atoms with Crippen molar-refractivity contribution in [1.29, 1.82) is 0 Å². The minimum atomic E-state index is -0.219. The fourth-order valence-electron chi connectivity index (χ4n) is 5.17. The molecule has 0 aromatic carbocycles. The highest BCUT2D eigenvalue weighted by atomic mass is 35.5. The molecule has 4 atom stereocenters. The van der Waals surface area contributed by atoms with Crippen LogP contribution < -0.4 is 15.9 Å². The molecule has 6 rings (SSSR count). The predicted molar refractivity (Wildman–Crippen MR) is 172 cm³/mol. The highest BCUT2D eigenvalue weighted by molar-refractivity contribution is 6.28. The maximum atomic E-state index is 12.2. The number of ether oxygens (including phenoxy) is 1. The Morgan fingerprint density at radius 1 is 0.756 bits per heavy atom. The van der Waals surface area contributed by atoms with Crippen molar-refractivity contribution in [3.05, 3.63) is 75.3 Å². The topological polar surface area (TPSA) is 151 Å². The number of hydrogen-bond donors (Lipinski definition) is 1. The second-order valence-electron chi connectivity index (χ2n) is 11.6. The standard InChI is InChI=1S/C16H20N4O2.C9H7ClN4O.C7H14O/c1-11-5-3-4-6-14(11)22-16-19-13(9-15(21)20(16)2)12-7-8-17-10-18-12;1-14-8(15)4-7(13-9(14)10)6-2-3-11-5-12-6;1-6-4-2-3-5-7(6)8/h7-11,14H,3-6H2,1-2H3;2-5H,1H3;6-8H,2-5H2,1H3. The monoisotopic (exact) mass is 636 g/mol. The van der Waals surface area contributed by atoms with E-state index in [1.54, 1.807) is 38.6 Å². The van der Waals surface area contributed by atoms with E-state index in [9.17, 15) is 14.7 Å². The Bertz CT molecular complexity index is 1620. The lowest BCUT2D eigenvalue weighted by molar-refractivity contribution is 0.0793. The summed E-state index contributed by atoms with van der Waals surface area (Å²) in [5, 5.41) is 9.31. The smallest absolute Gasteiger partial charge is 0.299 e. The molecule has 13 heteroatoms. The van der Waals surface area contributed by atoms with Crippen LogP contribution in [0.25, 0.3) is 22.8 Å². The summed E-state index contributed by atoms with van der Waals surface area (Å²) in [5.41, 5.74) is 1.79. The lowest BCUT2D eigenvalue weighted by Gasteiger charge is -2.29. The van der Waals surface area contributed by atoms with E-state index >= 15 is 0 Å². The van der Waals surface area contributed by atoms with Crippen LogP contribution in [0.2, 0.25) is 5.28 Å². The van der Waals surface area contributed by atoms with Crippen LogP contribution in [0.4, 0.5) is 0 Å². The van der Waals surface area contributed by atoms with Crippen LogP contribution in [0.5, 0.6) is 6.01 Å². The Morgan fingerprint density at radius 2 is 1.29 bits per heavy atom. The summed E-state index contributed by atoms with van der Waals surface area (Å²) in [7, 11) is 3.24. The van der Waals surface area contributed by atoms with Crippen molar-refractivity contribution in [1.82, 2.24) is 39.0 Å². The van der Waals surface area contributed by atoms with E-state index in [0.717, 1.165) is 25.7 Å². The number of halogens is 1. The van der Waals surface area contributed by atoms with Gasteiger partial charge in [-0.1, -0.05) is 33.1 Å². The molecule has 4 heterocycles. The highest BCUT2D eigenvalue weighted by Crippen LogP contribution is 2.27. The first-order valence-electron chi connectivity index (χ1n) is 15.3. The molecule has 2 aliphatic rings. The molecule has 4 aromatic rings. The Hall–Kier alpha value is -4.03. The predicted octanol–water partition coefficient (Wildman–Crippen LogP) is 4.64. The number of nitrogens with zero attached hydrogens (tertiary/aromatic N) is 8. The van der Waals surface area contributed by atoms with Crippen LogP contribution >= 0.6 is 11.6 Å². The first-order chi connectivity index (χ1) is 21.6. The van der Waals surface area contributed by atoms with Crippen LogP contribution in [-0.2, 0) is 14.1 Å². The van der Waals surface area contributed by atoms with Gasteiger partial charge in [0.05, 0.1) is 28.9 Å². The SMILES string of the molecule is CC1CCCCC1O.CC1CCCCC1Oc1nc(-c2ccncn2)cc(=O)n1C.Cn1c(Cl)nc(-c2ccncn2)cc1=O. The van der Waals surface area contributed by atoms with Crippen LogP contribution in [0, 0.1) is 11.8 Å². The number of hydrogen-bond acceptors (Lipinski definition) is 10. The molecule has 2 aliphatic carbocycles.